The van der Waals surface area contributed by atoms with Crippen LogP contribution < -0.4 is 4.90 Å². The van der Waals surface area contributed by atoms with E-state index in [0.717, 1.165) is 0 Å². The smallest absolute Gasteiger partial charge is 0.129 e. The van der Waals surface area contributed by atoms with Crippen molar-refractivity contribution in [2.24, 2.45) is 5.89 Å². The molecule has 0 spiro atoms. The van der Waals surface area contributed by atoms with Crippen molar-refractivity contribution in [3.05, 3.63) is 22.7 Å². The van der Waals surface area contributed by atoms with Crippen LogP contribution in [0.15, 0.2) is 22.7 Å². The van der Waals surface area contributed by atoms with Crippen molar-refractivity contribution in [3.63, 3.8) is 0 Å². The first-order chi connectivity index (χ1) is 12.6. The van der Waals surface area contributed by atoms with E-state index in [2.05, 4.69) is 20.9 Å². The Morgan fingerprint density at radius 3 is 3.71 bits per heavy atom. The number of rotatable bonds is 1. The van der Waals surface area contributed by atoms with Gasteiger partial charge in [0.25, 0.3) is 0 Å². The van der Waals surface area contributed by atoms with Crippen LogP contribution in [0.3, 0.4) is 0 Å². The Morgan fingerprint density at radius 2 is 2.86 bits per heavy atom. The second kappa shape index (κ2) is 4.30. The summed E-state index contributed by atoms with van der Waals surface area (Å²) in [6, 6.07) is -1.46. The van der Waals surface area contributed by atoms with Gasteiger partial charge in [0.05, 0.1) is 4.11 Å². The normalized spacial score (nSPS) is 58.6. The summed E-state index contributed by atoms with van der Waals surface area (Å²) in [5, 5.41) is 0. The van der Waals surface area contributed by atoms with Crippen molar-refractivity contribution in [1.82, 2.24) is 4.98 Å². The average molecular weight is 270 g/mol. The fraction of sp³-hybridized carbons (Fsp3) is 0.545. The van der Waals surface area contributed by atoms with Gasteiger partial charge in [-0.2, -0.15) is 0 Å². The number of hydrogen-bond donors (Lipinski definition) is 0. The van der Waals surface area contributed by atoms with Crippen molar-refractivity contribution in [1.29, 1.82) is 0 Å². The number of pyridine rings is 1. The summed E-state index contributed by atoms with van der Waals surface area (Å²) < 4.78 is 119. The van der Waals surface area contributed by atoms with E-state index >= 15 is 0 Å². The molecule has 0 bridgehead atoms. The third kappa shape index (κ3) is 2.27. The van der Waals surface area contributed by atoms with Crippen LogP contribution in [0.4, 0.5) is 5.82 Å². The molecule has 1 aromatic heterocycles. The molecule has 0 saturated carbocycles. The molecular formula is C11H15BrN2. The molecule has 1 saturated heterocycles. The van der Waals surface area contributed by atoms with Crippen LogP contribution in [-0.2, 0) is 0 Å². The van der Waals surface area contributed by atoms with Gasteiger partial charge in [-0.15, -0.1) is 0 Å². The summed E-state index contributed by atoms with van der Waals surface area (Å²) in [6.45, 7) is -11.2. The van der Waals surface area contributed by atoms with E-state index in [9.17, 15) is 0 Å². The number of anilines is 1. The van der Waals surface area contributed by atoms with Gasteiger partial charge in [-0.1, -0.05) is 22.8 Å². The predicted octanol–water partition coefficient (Wildman–Crippen LogP) is 3.08. The predicted molar refractivity (Wildman–Crippen MR) is 62.5 cm³/mol. The van der Waals surface area contributed by atoms with Gasteiger partial charge in [-0.3, -0.25) is 0 Å². The molecule has 1 unspecified atom stereocenters. The quantitative estimate of drug-likeness (QED) is 0.779. The molecule has 1 aliphatic heterocycles. The highest BCUT2D eigenvalue weighted by Gasteiger charge is 2.17. The van der Waals surface area contributed by atoms with Crippen LogP contribution in [-0.4, -0.2) is 18.0 Å². The van der Waals surface area contributed by atoms with Crippen LogP contribution in [0, 0.1) is 5.89 Å². The summed E-state index contributed by atoms with van der Waals surface area (Å²) >= 11 is 2.81. The number of hydrogen-bond acceptors (Lipinski definition) is 2. The Labute approximate surface area is 115 Å². The molecule has 0 amide bonds. The van der Waals surface area contributed by atoms with Crippen molar-refractivity contribution >= 4 is 21.7 Å². The summed E-state index contributed by atoms with van der Waals surface area (Å²) in [4.78, 5) is 3.24. The van der Waals surface area contributed by atoms with Gasteiger partial charge in [-0.05, 0) is 30.7 Å². The van der Waals surface area contributed by atoms with Crippen molar-refractivity contribution < 1.29 is 20.6 Å². The Morgan fingerprint density at radius 1 is 1.93 bits per heavy atom. The third-order valence-corrected chi connectivity index (χ3v) is 1.74. The second-order valence-electron chi connectivity index (χ2n) is 2.30. The van der Waals surface area contributed by atoms with Crippen LogP contribution >= 0.6 is 15.9 Å². The molecule has 1 aromatic rings. The average Bonchev–Trinajstić information content (AvgIpc) is 2.53. The lowest BCUT2D eigenvalue weighted by molar-refractivity contribution is 0.444. The molecule has 0 aromatic carbocycles. The Hall–Kier alpha value is -0.570. The van der Waals surface area contributed by atoms with Crippen LogP contribution in [0.2, 0.25) is 0 Å². The van der Waals surface area contributed by atoms with Crippen LogP contribution in [0.25, 0.3) is 0 Å². The Bertz CT molecular complexity index is 850. The fourth-order valence-electron chi connectivity index (χ4n) is 0.813. The van der Waals surface area contributed by atoms with Gasteiger partial charge < -0.3 is 4.90 Å². The molecule has 1 aliphatic rings. The lowest BCUT2D eigenvalue weighted by atomic mass is 10.0. The molecule has 2 rings (SSSR count). The molecule has 76 valence electrons. The first kappa shape index (κ1) is 2.40. The first-order valence-corrected chi connectivity index (χ1v) is 4.35. The lowest BCUT2D eigenvalue weighted by Crippen LogP contribution is -2.34. The van der Waals surface area contributed by atoms with E-state index in [1.54, 1.807) is 0 Å². The number of aromatic nitrogens is 1. The van der Waals surface area contributed by atoms with E-state index in [0.29, 0.717) is 0 Å². The standard InChI is InChI=1S/C11H15BrN2/c1-9-3-2-6-14(8-9)11-7-10(12)4-5-13-11/h4-5,7,9H,2-3,6,8H2,1H3/i1D3,2D2,3D2,4D,5D,6D2,7D,8D2,9D. The topological polar surface area (TPSA) is 16.1 Å². The second-order valence-corrected chi connectivity index (χ2v) is 3.09. The van der Waals surface area contributed by atoms with Gasteiger partial charge in [-0.25, -0.2) is 4.98 Å². The van der Waals surface area contributed by atoms with Gasteiger partial charge in [0.15, 0.2) is 0 Å². The molecule has 0 N–H and O–H groups in total. The summed E-state index contributed by atoms with van der Waals surface area (Å²) in [5.41, 5.74) is 0. The highest BCUT2D eigenvalue weighted by molar-refractivity contribution is 9.10. The zero-order chi connectivity index (χ0) is 23.2. The summed E-state index contributed by atoms with van der Waals surface area (Å²) in [5.74, 6) is -4.92. The van der Waals surface area contributed by atoms with Gasteiger partial charge in [0.1, 0.15) is 5.82 Å². The molecule has 3 heteroatoms. The van der Waals surface area contributed by atoms with E-state index in [-0.39, 0.29) is 4.90 Å². The number of nitrogens with zero attached hydrogens (tertiary/aromatic N) is 2. The fourth-order valence-corrected chi connectivity index (χ4v) is 1.08. The molecule has 14 heavy (non-hydrogen) atoms. The van der Waals surface area contributed by atoms with E-state index in [1.807, 2.05) is 0 Å². The lowest BCUT2D eigenvalue weighted by Gasteiger charge is -2.31. The maximum atomic E-state index is 8.26. The zero-order valence-electron chi connectivity index (χ0n) is 21.8. The minimum absolute atomic E-state index is 0.217. The van der Waals surface area contributed by atoms with Crippen molar-refractivity contribution in [2.45, 2.75) is 19.6 Å². The minimum Gasteiger partial charge on any atom is -0.356 e. The number of piperidine rings is 1. The molecular weight excluding hydrogens is 240 g/mol. The Balaban J connectivity index is 3.04. The third-order valence-electron chi connectivity index (χ3n) is 1.34. The van der Waals surface area contributed by atoms with Crippen molar-refractivity contribution in [3.8, 4) is 0 Å². The van der Waals surface area contributed by atoms with Crippen LogP contribution in [0.1, 0.15) is 40.2 Å². The maximum Gasteiger partial charge on any atom is 0.129 e. The van der Waals surface area contributed by atoms with Gasteiger partial charge in [0, 0.05) is 40.1 Å². The van der Waals surface area contributed by atoms with E-state index in [1.165, 1.54) is 0 Å². The maximum absolute atomic E-state index is 8.26. The largest absolute Gasteiger partial charge is 0.356 e. The van der Waals surface area contributed by atoms with E-state index in [4.69, 9.17) is 20.6 Å². The van der Waals surface area contributed by atoms with Crippen LogP contribution in [0.5, 0.6) is 0 Å². The molecule has 0 aliphatic carbocycles. The Kier molecular flexibility index (Phi) is 0.736. The minimum atomic E-state index is -3.87. The molecule has 2 heterocycles. The first-order valence-electron chi connectivity index (χ1n) is 11.1. The van der Waals surface area contributed by atoms with Crippen molar-refractivity contribution in [2.75, 3.05) is 17.9 Å². The summed E-state index contributed by atoms with van der Waals surface area (Å²) in [6.07, 6.45) is -8.49. The van der Waals surface area contributed by atoms with Gasteiger partial charge >= 0.3 is 0 Å². The highest BCUT2D eigenvalue weighted by atomic mass is 79.9. The summed E-state index contributed by atoms with van der Waals surface area (Å²) in [7, 11) is 0. The molecule has 0 radical (unpaired) electrons. The highest BCUT2D eigenvalue weighted by Crippen LogP contribution is 2.23. The van der Waals surface area contributed by atoms with Gasteiger partial charge in [0.2, 0.25) is 0 Å². The monoisotopic (exact) mass is 269 g/mol. The van der Waals surface area contributed by atoms with E-state index < -0.39 is 67.0 Å². The zero-order valence-corrected chi connectivity index (χ0v) is 8.36. The number of halogens is 1. The molecule has 1 fully saturated rings. The molecule has 1 atom stereocenters. The SMILES string of the molecule is [2H]c1nc(N2C([2H])([2H])C([2H])([2H])C([2H])([2H])C([2H])(C([2H])([2H])[2H])C2([2H])[2H])c([2H])c(Br)c1[2H]. The molecule has 2 nitrogen and oxygen atoms in total.